The van der Waals surface area contributed by atoms with Crippen molar-refractivity contribution in [2.75, 3.05) is 0 Å². The van der Waals surface area contributed by atoms with Crippen LogP contribution in [0, 0.1) is 0 Å². The van der Waals surface area contributed by atoms with Gasteiger partial charge in [0.25, 0.3) is 0 Å². The standard InChI is InChI=1S/C11H12BrClO2/c1-11(2)10(12)9(14)8-6(13)4-3-5-7(8)15-11/h3-5,9-10,14H,1-2H3. The van der Waals surface area contributed by atoms with Gasteiger partial charge in [0.15, 0.2) is 0 Å². The lowest BCUT2D eigenvalue weighted by atomic mass is 9.91. The molecule has 0 saturated heterocycles. The summed E-state index contributed by atoms with van der Waals surface area (Å²) < 4.78 is 5.79. The number of rotatable bonds is 0. The van der Waals surface area contributed by atoms with Crippen LogP contribution in [0.15, 0.2) is 18.2 Å². The number of benzene rings is 1. The number of hydrogen-bond donors (Lipinski definition) is 1. The van der Waals surface area contributed by atoms with Crippen LogP contribution in [0.2, 0.25) is 5.02 Å². The first-order valence-corrected chi connectivity index (χ1v) is 6.02. The van der Waals surface area contributed by atoms with E-state index in [2.05, 4.69) is 15.9 Å². The number of halogens is 2. The highest BCUT2D eigenvalue weighted by atomic mass is 79.9. The van der Waals surface area contributed by atoms with Gasteiger partial charge in [0.05, 0.1) is 9.85 Å². The zero-order valence-electron chi connectivity index (χ0n) is 8.50. The Bertz CT molecular complexity index is 392. The van der Waals surface area contributed by atoms with Crippen LogP contribution in [0.4, 0.5) is 0 Å². The van der Waals surface area contributed by atoms with Gasteiger partial charge in [0, 0.05) is 5.56 Å². The zero-order chi connectivity index (χ0) is 11.2. The second-order valence-electron chi connectivity index (χ2n) is 4.20. The number of aliphatic hydroxyl groups excluding tert-OH is 1. The number of hydrogen-bond acceptors (Lipinski definition) is 2. The van der Waals surface area contributed by atoms with Crippen LogP contribution in [0.5, 0.6) is 5.75 Å². The first-order valence-electron chi connectivity index (χ1n) is 4.73. The topological polar surface area (TPSA) is 29.5 Å². The molecular formula is C11H12BrClO2. The fourth-order valence-corrected chi connectivity index (χ4v) is 2.39. The molecule has 2 nitrogen and oxygen atoms in total. The highest BCUT2D eigenvalue weighted by Gasteiger charge is 2.42. The minimum Gasteiger partial charge on any atom is -0.486 e. The van der Waals surface area contributed by atoms with Crippen molar-refractivity contribution >= 4 is 27.5 Å². The summed E-state index contributed by atoms with van der Waals surface area (Å²) in [5.74, 6) is 0.663. The van der Waals surface area contributed by atoms with Gasteiger partial charge in [-0.05, 0) is 26.0 Å². The number of aliphatic hydroxyl groups is 1. The summed E-state index contributed by atoms with van der Waals surface area (Å²) >= 11 is 9.48. The fourth-order valence-electron chi connectivity index (χ4n) is 1.76. The van der Waals surface area contributed by atoms with E-state index >= 15 is 0 Å². The van der Waals surface area contributed by atoms with Crippen molar-refractivity contribution in [3.63, 3.8) is 0 Å². The lowest BCUT2D eigenvalue weighted by Crippen LogP contribution is -2.45. The summed E-state index contributed by atoms with van der Waals surface area (Å²) in [7, 11) is 0. The number of alkyl halides is 1. The number of ether oxygens (including phenoxy) is 1. The SMILES string of the molecule is CC1(C)Oc2cccc(Cl)c2C(O)C1Br. The molecule has 2 atom stereocenters. The maximum absolute atomic E-state index is 10.1. The van der Waals surface area contributed by atoms with Gasteiger partial charge in [-0.25, -0.2) is 0 Å². The molecule has 1 aliphatic rings. The molecule has 1 heterocycles. The molecule has 0 bridgehead atoms. The first-order chi connectivity index (χ1) is 6.93. The van der Waals surface area contributed by atoms with Gasteiger partial charge in [-0.1, -0.05) is 33.6 Å². The molecule has 1 aromatic rings. The molecular weight excluding hydrogens is 279 g/mol. The van der Waals surface area contributed by atoms with Crippen molar-refractivity contribution in [2.45, 2.75) is 30.4 Å². The molecule has 0 saturated carbocycles. The average molecular weight is 292 g/mol. The van der Waals surface area contributed by atoms with Gasteiger partial charge in [-0.15, -0.1) is 0 Å². The summed E-state index contributed by atoms with van der Waals surface area (Å²) in [4.78, 5) is -0.169. The van der Waals surface area contributed by atoms with Crippen molar-refractivity contribution in [3.8, 4) is 5.75 Å². The van der Waals surface area contributed by atoms with Crippen molar-refractivity contribution in [3.05, 3.63) is 28.8 Å². The lowest BCUT2D eigenvalue weighted by molar-refractivity contribution is 0.0226. The third-order valence-electron chi connectivity index (χ3n) is 2.62. The third kappa shape index (κ3) is 1.77. The monoisotopic (exact) mass is 290 g/mol. The van der Waals surface area contributed by atoms with E-state index < -0.39 is 11.7 Å². The Hall–Kier alpha value is -0.250. The highest BCUT2D eigenvalue weighted by Crippen LogP contribution is 2.45. The van der Waals surface area contributed by atoms with Gasteiger partial charge in [0.1, 0.15) is 17.5 Å². The second kappa shape index (κ2) is 3.65. The summed E-state index contributed by atoms with van der Waals surface area (Å²) in [6.45, 7) is 3.86. The van der Waals surface area contributed by atoms with Crippen LogP contribution in [0.3, 0.4) is 0 Å². The summed E-state index contributed by atoms with van der Waals surface area (Å²) in [6.07, 6.45) is -0.641. The molecule has 1 aliphatic heterocycles. The predicted octanol–water partition coefficient (Wildman–Crippen LogP) is 3.31. The van der Waals surface area contributed by atoms with Crippen molar-refractivity contribution in [1.82, 2.24) is 0 Å². The normalized spacial score (nSPS) is 28.1. The summed E-state index contributed by atoms with van der Waals surface area (Å²) in [6, 6.07) is 5.40. The molecule has 0 aliphatic carbocycles. The molecule has 4 heteroatoms. The van der Waals surface area contributed by atoms with Crippen LogP contribution in [-0.4, -0.2) is 15.5 Å². The minimum atomic E-state index is -0.641. The zero-order valence-corrected chi connectivity index (χ0v) is 10.8. The van der Waals surface area contributed by atoms with Gasteiger partial charge < -0.3 is 9.84 Å². The molecule has 0 amide bonds. The van der Waals surface area contributed by atoms with Crippen LogP contribution in [-0.2, 0) is 0 Å². The smallest absolute Gasteiger partial charge is 0.127 e. The average Bonchev–Trinajstić information content (AvgIpc) is 2.13. The van der Waals surface area contributed by atoms with Gasteiger partial charge in [-0.3, -0.25) is 0 Å². The molecule has 2 unspecified atom stereocenters. The van der Waals surface area contributed by atoms with Crippen LogP contribution in [0.25, 0.3) is 0 Å². The van der Waals surface area contributed by atoms with Crippen LogP contribution in [0.1, 0.15) is 25.5 Å². The van der Waals surface area contributed by atoms with Crippen molar-refractivity contribution in [1.29, 1.82) is 0 Å². The molecule has 0 fully saturated rings. The molecule has 1 aromatic carbocycles. The Labute approximate surface area is 102 Å². The Balaban J connectivity index is 2.55. The van der Waals surface area contributed by atoms with E-state index in [1.54, 1.807) is 6.07 Å². The number of fused-ring (bicyclic) bond motifs is 1. The molecule has 2 rings (SSSR count). The lowest BCUT2D eigenvalue weighted by Gasteiger charge is -2.40. The van der Waals surface area contributed by atoms with Gasteiger partial charge in [0.2, 0.25) is 0 Å². The molecule has 0 spiro atoms. The Morgan fingerprint density at radius 3 is 2.80 bits per heavy atom. The van der Waals surface area contributed by atoms with E-state index in [4.69, 9.17) is 16.3 Å². The van der Waals surface area contributed by atoms with E-state index in [-0.39, 0.29) is 4.83 Å². The highest BCUT2D eigenvalue weighted by molar-refractivity contribution is 9.09. The first kappa shape index (κ1) is 11.2. The summed E-state index contributed by atoms with van der Waals surface area (Å²) in [5.41, 5.74) is 0.220. The molecule has 1 N–H and O–H groups in total. The van der Waals surface area contributed by atoms with E-state index in [1.165, 1.54) is 0 Å². The Morgan fingerprint density at radius 2 is 2.13 bits per heavy atom. The maximum atomic E-state index is 10.1. The van der Waals surface area contributed by atoms with Gasteiger partial charge >= 0.3 is 0 Å². The Kier molecular flexibility index (Phi) is 2.73. The van der Waals surface area contributed by atoms with E-state index in [0.717, 1.165) is 0 Å². The van der Waals surface area contributed by atoms with E-state index in [1.807, 2.05) is 26.0 Å². The molecule has 15 heavy (non-hydrogen) atoms. The maximum Gasteiger partial charge on any atom is 0.127 e. The summed E-state index contributed by atoms with van der Waals surface area (Å²) in [5, 5.41) is 10.7. The molecule has 0 radical (unpaired) electrons. The third-order valence-corrected chi connectivity index (χ3v) is 4.56. The quantitative estimate of drug-likeness (QED) is 0.743. The molecule has 82 valence electrons. The fraction of sp³-hybridized carbons (Fsp3) is 0.455. The predicted molar refractivity (Wildman–Crippen MR) is 63.8 cm³/mol. The van der Waals surface area contributed by atoms with E-state index in [0.29, 0.717) is 16.3 Å². The second-order valence-corrected chi connectivity index (χ2v) is 5.60. The van der Waals surface area contributed by atoms with Gasteiger partial charge in [-0.2, -0.15) is 0 Å². The van der Waals surface area contributed by atoms with Crippen LogP contribution < -0.4 is 4.74 Å². The van der Waals surface area contributed by atoms with Crippen molar-refractivity contribution < 1.29 is 9.84 Å². The van der Waals surface area contributed by atoms with Crippen molar-refractivity contribution in [2.24, 2.45) is 0 Å². The minimum absolute atomic E-state index is 0.169. The largest absolute Gasteiger partial charge is 0.486 e. The van der Waals surface area contributed by atoms with E-state index in [9.17, 15) is 5.11 Å². The Morgan fingerprint density at radius 1 is 1.47 bits per heavy atom. The van der Waals surface area contributed by atoms with Crippen LogP contribution >= 0.6 is 27.5 Å². The molecule has 0 aromatic heterocycles.